The van der Waals surface area contributed by atoms with Gasteiger partial charge in [-0.05, 0) is 17.7 Å². The van der Waals surface area contributed by atoms with Crippen LogP contribution in [0.25, 0.3) is 11.0 Å². The summed E-state index contributed by atoms with van der Waals surface area (Å²) in [5.74, 6) is -0.00398. The van der Waals surface area contributed by atoms with Crippen LogP contribution in [-0.4, -0.2) is 5.11 Å². The van der Waals surface area contributed by atoms with Crippen LogP contribution in [0.4, 0.5) is 0 Å². The summed E-state index contributed by atoms with van der Waals surface area (Å²) in [6.07, 6.45) is 0. The molecular weight excluding hydrogens is 264 g/mol. The maximum atomic E-state index is 12.3. The first-order chi connectivity index (χ1) is 10.0. The van der Waals surface area contributed by atoms with Gasteiger partial charge < -0.3 is 9.52 Å². The number of aromatic hydroxyl groups is 1. The summed E-state index contributed by atoms with van der Waals surface area (Å²) < 4.78 is 5.37. The highest BCUT2D eigenvalue weighted by Gasteiger charge is 2.31. The second-order valence-electron chi connectivity index (χ2n) is 5.60. The predicted octanol–water partition coefficient (Wildman–Crippen LogP) is 3.82. The lowest BCUT2D eigenvalue weighted by Crippen LogP contribution is -2.26. The Morgan fingerprint density at radius 1 is 0.952 bits per heavy atom. The molecule has 0 saturated carbocycles. The first-order valence-electron chi connectivity index (χ1n) is 6.82. The fourth-order valence-electron chi connectivity index (χ4n) is 2.68. The second kappa shape index (κ2) is 4.77. The lowest BCUT2D eigenvalue weighted by Gasteiger charge is -2.25. The van der Waals surface area contributed by atoms with Gasteiger partial charge in [-0.15, -0.1) is 0 Å². The van der Waals surface area contributed by atoms with Crippen molar-refractivity contribution in [3.63, 3.8) is 0 Å². The van der Waals surface area contributed by atoms with Crippen LogP contribution in [0.5, 0.6) is 5.75 Å². The molecule has 0 aliphatic rings. The smallest absolute Gasteiger partial charge is 0.344 e. The van der Waals surface area contributed by atoms with E-state index in [2.05, 4.69) is 0 Å². The topological polar surface area (TPSA) is 50.4 Å². The SMILES string of the molecule is CC(C)(c1ccccc1)c1c(O)c2ccccc2oc1=O. The Bertz CT molecular complexity index is 845. The number of hydrogen-bond acceptors (Lipinski definition) is 3. The van der Waals surface area contributed by atoms with Gasteiger partial charge in [0, 0.05) is 5.41 Å². The minimum atomic E-state index is -0.643. The van der Waals surface area contributed by atoms with E-state index in [4.69, 9.17) is 4.42 Å². The third-order valence-corrected chi connectivity index (χ3v) is 3.91. The monoisotopic (exact) mass is 280 g/mol. The van der Waals surface area contributed by atoms with Crippen molar-refractivity contribution in [2.75, 3.05) is 0 Å². The summed E-state index contributed by atoms with van der Waals surface area (Å²) in [7, 11) is 0. The van der Waals surface area contributed by atoms with Crippen LogP contribution < -0.4 is 5.63 Å². The first kappa shape index (κ1) is 13.4. The normalized spacial score (nSPS) is 11.7. The van der Waals surface area contributed by atoms with Gasteiger partial charge in [0.05, 0.1) is 10.9 Å². The fraction of sp³-hybridized carbons (Fsp3) is 0.167. The summed E-state index contributed by atoms with van der Waals surface area (Å²) in [5.41, 5.74) is 0.485. The molecule has 1 N–H and O–H groups in total. The zero-order valence-electron chi connectivity index (χ0n) is 12.0. The van der Waals surface area contributed by atoms with Crippen molar-refractivity contribution < 1.29 is 9.52 Å². The second-order valence-corrected chi connectivity index (χ2v) is 5.60. The van der Waals surface area contributed by atoms with Crippen LogP contribution in [0.3, 0.4) is 0 Å². The molecule has 0 aliphatic carbocycles. The lowest BCUT2D eigenvalue weighted by atomic mass is 9.78. The molecule has 3 heteroatoms. The van der Waals surface area contributed by atoms with Gasteiger partial charge in [-0.2, -0.15) is 0 Å². The zero-order chi connectivity index (χ0) is 15.0. The maximum absolute atomic E-state index is 12.3. The van der Waals surface area contributed by atoms with Crippen molar-refractivity contribution in [3.05, 3.63) is 76.1 Å². The Kier molecular flexibility index (Phi) is 3.05. The lowest BCUT2D eigenvalue weighted by molar-refractivity contribution is 0.435. The van der Waals surface area contributed by atoms with Gasteiger partial charge in [0.25, 0.3) is 0 Å². The highest BCUT2D eigenvalue weighted by molar-refractivity contribution is 5.84. The van der Waals surface area contributed by atoms with Crippen molar-refractivity contribution >= 4 is 11.0 Å². The third-order valence-electron chi connectivity index (χ3n) is 3.91. The number of rotatable bonds is 2. The van der Waals surface area contributed by atoms with E-state index in [0.29, 0.717) is 11.0 Å². The molecule has 1 heterocycles. The van der Waals surface area contributed by atoms with Crippen LogP contribution in [0.15, 0.2) is 63.8 Å². The molecule has 2 aromatic carbocycles. The van der Waals surface area contributed by atoms with E-state index in [1.807, 2.05) is 44.2 Å². The van der Waals surface area contributed by atoms with Crippen molar-refractivity contribution in [1.29, 1.82) is 0 Å². The quantitative estimate of drug-likeness (QED) is 0.726. The average molecular weight is 280 g/mol. The Hall–Kier alpha value is -2.55. The van der Waals surface area contributed by atoms with Crippen LogP contribution >= 0.6 is 0 Å². The number of hydrogen-bond donors (Lipinski definition) is 1. The van der Waals surface area contributed by atoms with Crippen LogP contribution in [0, 0.1) is 0 Å². The summed E-state index contributed by atoms with van der Waals surface area (Å²) in [6.45, 7) is 3.81. The predicted molar refractivity (Wildman–Crippen MR) is 82.7 cm³/mol. The van der Waals surface area contributed by atoms with E-state index >= 15 is 0 Å². The van der Waals surface area contributed by atoms with E-state index < -0.39 is 11.0 Å². The van der Waals surface area contributed by atoms with E-state index in [1.165, 1.54) is 0 Å². The number of para-hydroxylation sites is 1. The van der Waals surface area contributed by atoms with Crippen molar-refractivity contribution in [3.8, 4) is 5.75 Å². The van der Waals surface area contributed by atoms with E-state index in [9.17, 15) is 9.90 Å². The minimum absolute atomic E-state index is 0.00398. The first-order valence-corrected chi connectivity index (χ1v) is 6.82. The van der Waals surface area contributed by atoms with Gasteiger partial charge in [-0.3, -0.25) is 0 Å². The highest BCUT2D eigenvalue weighted by atomic mass is 16.4. The zero-order valence-corrected chi connectivity index (χ0v) is 12.0. The van der Waals surface area contributed by atoms with Crippen LogP contribution in [0.2, 0.25) is 0 Å². The van der Waals surface area contributed by atoms with Crippen LogP contribution in [0.1, 0.15) is 25.0 Å². The maximum Gasteiger partial charge on any atom is 0.344 e. The van der Waals surface area contributed by atoms with Gasteiger partial charge in [0.2, 0.25) is 0 Å². The van der Waals surface area contributed by atoms with Gasteiger partial charge in [0.1, 0.15) is 11.3 Å². The molecule has 106 valence electrons. The van der Waals surface area contributed by atoms with Crippen molar-refractivity contribution in [2.24, 2.45) is 0 Å². The third kappa shape index (κ3) is 2.11. The molecule has 3 aromatic rings. The standard InChI is InChI=1S/C18H16O3/c1-18(2,12-8-4-3-5-9-12)15-16(19)13-10-6-7-11-14(13)21-17(15)20/h3-11,19H,1-2H3. The molecule has 0 amide bonds. The van der Waals surface area contributed by atoms with E-state index in [1.54, 1.807) is 24.3 Å². The summed E-state index contributed by atoms with van der Waals surface area (Å²) in [4.78, 5) is 12.3. The van der Waals surface area contributed by atoms with Gasteiger partial charge in [-0.1, -0.05) is 56.3 Å². The average Bonchev–Trinajstić information content (AvgIpc) is 2.48. The summed E-state index contributed by atoms with van der Waals surface area (Å²) in [6, 6.07) is 16.6. The molecule has 0 spiro atoms. The van der Waals surface area contributed by atoms with Crippen molar-refractivity contribution in [1.82, 2.24) is 0 Å². The number of benzene rings is 2. The molecule has 0 aliphatic heterocycles. The highest BCUT2D eigenvalue weighted by Crippen LogP contribution is 2.37. The van der Waals surface area contributed by atoms with Gasteiger partial charge in [-0.25, -0.2) is 4.79 Å². The van der Waals surface area contributed by atoms with Gasteiger partial charge in [0.15, 0.2) is 0 Å². The minimum Gasteiger partial charge on any atom is -0.507 e. The van der Waals surface area contributed by atoms with Crippen LogP contribution in [-0.2, 0) is 5.41 Å². The van der Waals surface area contributed by atoms with Crippen molar-refractivity contribution in [2.45, 2.75) is 19.3 Å². The largest absolute Gasteiger partial charge is 0.507 e. The molecular formula is C18H16O3. The molecule has 0 saturated heterocycles. The molecule has 0 unspecified atom stereocenters. The van der Waals surface area contributed by atoms with Gasteiger partial charge >= 0.3 is 5.63 Å². The Labute approximate surface area is 122 Å². The summed E-state index contributed by atoms with van der Waals surface area (Å²) >= 11 is 0. The summed E-state index contributed by atoms with van der Waals surface area (Å²) in [5, 5.41) is 11.1. The fourth-order valence-corrected chi connectivity index (χ4v) is 2.68. The molecule has 0 radical (unpaired) electrons. The molecule has 0 fully saturated rings. The molecule has 0 atom stereocenters. The molecule has 1 aromatic heterocycles. The Morgan fingerprint density at radius 2 is 1.57 bits per heavy atom. The molecule has 3 nitrogen and oxygen atoms in total. The Morgan fingerprint density at radius 3 is 2.29 bits per heavy atom. The molecule has 0 bridgehead atoms. The van der Waals surface area contributed by atoms with E-state index in [0.717, 1.165) is 5.56 Å². The Balaban J connectivity index is 2.32. The molecule has 21 heavy (non-hydrogen) atoms. The molecule has 3 rings (SSSR count). The number of fused-ring (bicyclic) bond motifs is 1. The van der Waals surface area contributed by atoms with E-state index in [-0.39, 0.29) is 11.3 Å².